The lowest BCUT2D eigenvalue weighted by Gasteiger charge is -2.18. The number of aromatic carboxylic acids is 1. The van der Waals surface area contributed by atoms with Gasteiger partial charge in [0.25, 0.3) is 0 Å². The summed E-state index contributed by atoms with van der Waals surface area (Å²) >= 11 is 0. The Balaban J connectivity index is 2.27. The molecule has 138 valence electrons. The Labute approximate surface area is 143 Å². The van der Waals surface area contributed by atoms with E-state index in [1.807, 2.05) is 0 Å². The van der Waals surface area contributed by atoms with Gasteiger partial charge in [0, 0.05) is 18.9 Å². The van der Waals surface area contributed by atoms with Gasteiger partial charge in [-0.15, -0.1) is 0 Å². The molecule has 1 aliphatic heterocycles. The van der Waals surface area contributed by atoms with Crippen LogP contribution >= 0.6 is 7.82 Å². The number of carbonyl (C=O) groups is 2. The standard InChI is InChI=1S/C14H18NO9P/c1-8-11(7-22-25(19,20)21)24-13(12(8)23-9(2)16)15-5-3-4-10(6-15)14(17)18/h3-6,8,11-13H,7H2,1-2H3,(H2-,17,18,19,20,21)/p+1/t8-,11-,12-,13-/m1/s1. The number of phosphoric acid groups is 1. The molecule has 1 aromatic heterocycles. The number of pyridine rings is 1. The highest BCUT2D eigenvalue weighted by Crippen LogP contribution is 2.39. The average molecular weight is 376 g/mol. The molecular formula is C14H19NO9P+. The largest absolute Gasteiger partial charge is 0.477 e. The van der Waals surface area contributed by atoms with Gasteiger partial charge >= 0.3 is 26.0 Å². The zero-order valence-electron chi connectivity index (χ0n) is 13.5. The fraction of sp³-hybridized carbons (Fsp3) is 0.500. The smallest absolute Gasteiger partial charge is 0.469 e. The summed E-state index contributed by atoms with van der Waals surface area (Å²) in [7, 11) is -4.68. The third-order valence-electron chi connectivity index (χ3n) is 3.77. The Morgan fingerprint density at radius 1 is 1.40 bits per heavy atom. The van der Waals surface area contributed by atoms with Crippen LogP contribution in [0.5, 0.6) is 0 Å². The molecule has 1 aromatic rings. The molecule has 2 heterocycles. The van der Waals surface area contributed by atoms with Gasteiger partial charge in [0.05, 0.1) is 12.7 Å². The van der Waals surface area contributed by atoms with E-state index in [4.69, 9.17) is 24.4 Å². The van der Waals surface area contributed by atoms with Gasteiger partial charge in [-0.1, -0.05) is 6.92 Å². The van der Waals surface area contributed by atoms with Crippen LogP contribution in [0.15, 0.2) is 24.5 Å². The van der Waals surface area contributed by atoms with Gasteiger partial charge < -0.3 is 24.4 Å². The Bertz CT molecular complexity index is 703. The normalized spacial score (nSPS) is 26.4. The van der Waals surface area contributed by atoms with Crippen LogP contribution < -0.4 is 4.57 Å². The maximum Gasteiger partial charge on any atom is 0.469 e. The number of nitrogens with zero attached hydrogens (tertiary/aromatic N) is 1. The van der Waals surface area contributed by atoms with Crippen molar-refractivity contribution in [1.29, 1.82) is 0 Å². The first-order chi connectivity index (χ1) is 11.6. The highest BCUT2D eigenvalue weighted by atomic mass is 31.2. The van der Waals surface area contributed by atoms with Gasteiger partial charge in [-0.25, -0.2) is 9.36 Å². The summed E-state index contributed by atoms with van der Waals surface area (Å²) in [4.78, 5) is 40.2. The van der Waals surface area contributed by atoms with E-state index in [1.54, 1.807) is 13.1 Å². The number of ether oxygens (including phenoxy) is 2. The van der Waals surface area contributed by atoms with Gasteiger partial charge in [-0.05, 0) is 6.07 Å². The highest BCUT2D eigenvalue weighted by molar-refractivity contribution is 7.46. The molecule has 11 heteroatoms. The van der Waals surface area contributed by atoms with Crippen LogP contribution in [0.3, 0.4) is 0 Å². The lowest BCUT2D eigenvalue weighted by Crippen LogP contribution is -2.46. The summed E-state index contributed by atoms with van der Waals surface area (Å²) in [5.41, 5.74) is 0.00949. The average Bonchev–Trinajstić information content (AvgIpc) is 2.81. The molecule has 1 fully saturated rings. The number of carbonyl (C=O) groups excluding carboxylic acids is 1. The van der Waals surface area contributed by atoms with Crippen molar-refractivity contribution in [2.45, 2.75) is 32.3 Å². The number of hydrogen-bond acceptors (Lipinski definition) is 6. The summed E-state index contributed by atoms with van der Waals surface area (Å²) < 4.78 is 27.8. The summed E-state index contributed by atoms with van der Waals surface area (Å²) in [6.45, 7) is 2.50. The summed E-state index contributed by atoms with van der Waals surface area (Å²) in [5.74, 6) is -2.13. The van der Waals surface area contributed by atoms with Crippen LogP contribution in [0.25, 0.3) is 0 Å². The first-order valence-corrected chi connectivity index (χ1v) is 8.88. The fourth-order valence-corrected chi connectivity index (χ4v) is 2.93. The molecule has 0 amide bonds. The molecule has 0 saturated carbocycles. The molecule has 0 bridgehead atoms. The minimum absolute atomic E-state index is 0.00949. The monoisotopic (exact) mass is 376 g/mol. The Morgan fingerprint density at radius 2 is 2.08 bits per heavy atom. The fourth-order valence-electron chi connectivity index (χ4n) is 2.59. The van der Waals surface area contributed by atoms with E-state index < -0.39 is 50.7 Å². The Morgan fingerprint density at radius 3 is 2.64 bits per heavy atom. The van der Waals surface area contributed by atoms with Crippen LogP contribution in [0, 0.1) is 5.92 Å². The summed E-state index contributed by atoms with van der Waals surface area (Å²) in [6.07, 6.45) is 0.470. The lowest BCUT2D eigenvalue weighted by atomic mass is 10.0. The van der Waals surface area contributed by atoms with Crippen LogP contribution in [0.4, 0.5) is 0 Å². The van der Waals surface area contributed by atoms with Crippen molar-refractivity contribution in [3.05, 3.63) is 30.1 Å². The molecule has 3 N–H and O–H groups in total. The topological polar surface area (TPSA) is 143 Å². The minimum atomic E-state index is -4.68. The zero-order chi connectivity index (χ0) is 18.8. The predicted molar refractivity (Wildman–Crippen MR) is 80.2 cm³/mol. The summed E-state index contributed by atoms with van der Waals surface area (Å²) in [6, 6.07) is 2.90. The molecule has 0 aliphatic carbocycles. The maximum atomic E-state index is 11.4. The molecule has 0 unspecified atom stereocenters. The second kappa shape index (κ2) is 7.59. The third-order valence-corrected chi connectivity index (χ3v) is 4.26. The van der Waals surface area contributed by atoms with E-state index in [-0.39, 0.29) is 5.56 Å². The molecule has 0 radical (unpaired) electrons. The number of phosphoric ester groups is 1. The maximum absolute atomic E-state index is 11.4. The summed E-state index contributed by atoms with van der Waals surface area (Å²) in [5, 5.41) is 9.10. The highest BCUT2D eigenvalue weighted by Gasteiger charge is 2.50. The van der Waals surface area contributed by atoms with Gasteiger partial charge in [-0.3, -0.25) is 9.32 Å². The van der Waals surface area contributed by atoms with Gasteiger partial charge in [0.1, 0.15) is 5.56 Å². The van der Waals surface area contributed by atoms with Crippen molar-refractivity contribution in [3.63, 3.8) is 0 Å². The Kier molecular flexibility index (Phi) is 5.91. The van der Waals surface area contributed by atoms with E-state index in [0.717, 1.165) is 0 Å². The number of carboxylic acid groups (broad SMARTS) is 1. The molecule has 1 saturated heterocycles. The number of esters is 1. The van der Waals surface area contributed by atoms with Crippen LogP contribution in [0.1, 0.15) is 30.4 Å². The van der Waals surface area contributed by atoms with E-state index in [1.165, 1.54) is 29.8 Å². The second-order valence-corrected chi connectivity index (χ2v) is 6.87. The predicted octanol–water partition coefficient (Wildman–Crippen LogP) is 0.247. The second-order valence-electron chi connectivity index (χ2n) is 5.63. The molecule has 4 atom stereocenters. The zero-order valence-corrected chi connectivity index (χ0v) is 14.4. The molecule has 25 heavy (non-hydrogen) atoms. The van der Waals surface area contributed by atoms with Gasteiger partial charge in [0.2, 0.25) is 0 Å². The number of carboxylic acids is 1. The number of hydrogen-bond donors (Lipinski definition) is 3. The molecule has 1 aliphatic rings. The molecule has 0 aromatic carbocycles. The van der Waals surface area contributed by atoms with Crippen molar-refractivity contribution in [3.8, 4) is 0 Å². The number of aromatic nitrogens is 1. The SMILES string of the molecule is CC(=O)O[C@@H]1[C@H](C)[C@@H](COP(=O)(O)O)O[C@H]1[n+]1cccc(C(=O)O)c1. The molecule has 2 rings (SSSR count). The van der Waals surface area contributed by atoms with Crippen molar-refractivity contribution >= 4 is 19.8 Å². The minimum Gasteiger partial charge on any atom is -0.477 e. The van der Waals surface area contributed by atoms with Crippen molar-refractivity contribution in [1.82, 2.24) is 0 Å². The third kappa shape index (κ3) is 5.07. The number of rotatable bonds is 6. The van der Waals surface area contributed by atoms with Crippen LogP contribution in [-0.4, -0.2) is 45.6 Å². The quantitative estimate of drug-likeness (QED) is 0.361. The van der Waals surface area contributed by atoms with Gasteiger partial charge in [-0.2, -0.15) is 4.57 Å². The first-order valence-electron chi connectivity index (χ1n) is 7.35. The molecule has 10 nitrogen and oxygen atoms in total. The van der Waals surface area contributed by atoms with Crippen molar-refractivity contribution in [2.75, 3.05) is 6.61 Å². The van der Waals surface area contributed by atoms with E-state index >= 15 is 0 Å². The van der Waals surface area contributed by atoms with Crippen molar-refractivity contribution < 1.29 is 47.6 Å². The van der Waals surface area contributed by atoms with E-state index in [0.29, 0.717) is 0 Å². The lowest BCUT2D eigenvalue weighted by molar-refractivity contribution is -0.765. The molecule has 0 spiro atoms. The van der Waals surface area contributed by atoms with E-state index in [9.17, 15) is 14.2 Å². The van der Waals surface area contributed by atoms with E-state index in [2.05, 4.69) is 4.52 Å². The van der Waals surface area contributed by atoms with Crippen molar-refractivity contribution in [2.24, 2.45) is 5.92 Å². The Hall–Kier alpha value is -1.84. The van der Waals surface area contributed by atoms with Gasteiger partial charge in [0.15, 0.2) is 18.5 Å². The first kappa shape index (κ1) is 19.5. The van der Waals surface area contributed by atoms with Crippen LogP contribution in [0.2, 0.25) is 0 Å². The molecular weight excluding hydrogens is 357 g/mol. The van der Waals surface area contributed by atoms with Crippen LogP contribution in [-0.2, 0) is 23.4 Å².